The summed E-state index contributed by atoms with van der Waals surface area (Å²) in [5.41, 5.74) is 1.29. The lowest BCUT2D eigenvalue weighted by Crippen LogP contribution is -2.36. The first-order valence-electron chi connectivity index (χ1n) is 7.28. The highest BCUT2D eigenvalue weighted by Gasteiger charge is 2.07. The molecule has 0 aliphatic carbocycles. The van der Waals surface area contributed by atoms with Gasteiger partial charge in [-0.05, 0) is 37.5 Å². The summed E-state index contributed by atoms with van der Waals surface area (Å²) in [7, 11) is 0. The molecule has 3 nitrogen and oxygen atoms in total. The zero-order chi connectivity index (χ0) is 14.1. The molecule has 2 unspecified atom stereocenters. The van der Waals surface area contributed by atoms with Crippen molar-refractivity contribution in [2.24, 2.45) is 0 Å². The second-order valence-corrected chi connectivity index (χ2v) is 5.06. The molecule has 0 aromatic heterocycles. The fourth-order valence-corrected chi connectivity index (χ4v) is 1.95. The predicted octanol–water partition coefficient (Wildman–Crippen LogP) is 2.77. The Morgan fingerprint density at radius 2 is 1.89 bits per heavy atom. The molecule has 0 aliphatic heterocycles. The first-order valence-corrected chi connectivity index (χ1v) is 7.28. The Balaban J connectivity index is 2.23. The Kier molecular flexibility index (Phi) is 7.53. The summed E-state index contributed by atoms with van der Waals surface area (Å²) in [5, 5.41) is 13.1. The molecule has 0 saturated heterocycles. The van der Waals surface area contributed by atoms with Crippen LogP contribution in [-0.2, 0) is 6.42 Å². The van der Waals surface area contributed by atoms with Crippen LogP contribution in [0.3, 0.4) is 0 Å². The average molecular weight is 265 g/mol. The van der Waals surface area contributed by atoms with Crippen LogP contribution in [0.5, 0.6) is 5.75 Å². The summed E-state index contributed by atoms with van der Waals surface area (Å²) in [5.74, 6) is 0.817. The zero-order valence-corrected chi connectivity index (χ0v) is 12.4. The minimum Gasteiger partial charge on any atom is -0.491 e. The van der Waals surface area contributed by atoms with E-state index in [2.05, 4.69) is 38.2 Å². The van der Waals surface area contributed by atoms with Gasteiger partial charge in [-0.2, -0.15) is 0 Å². The smallest absolute Gasteiger partial charge is 0.119 e. The van der Waals surface area contributed by atoms with E-state index in [4.69, 9.17) is 4.74 Å². The summed E-state index contributed by atoms with van der Waals surface area (Å²) in [6.45, 7) is 7.34. The third-order valence-corrected chi connectivity index (χ3v) is 3.20. The molecule has 0 spiro atoms. The van der Waals surface area contributed by atoms with Gasteiger partial charge in [-0.25, -0.2) is 0 Å². The quantitative estimate of drug-likeness (QED) is 0.721. The maximum Gasteiger partial charge on any atom is 0.119 e. The van der Waals surface area contributed by atoms with Crippen molar-refractivity contribution >= 4 is 0 Å². The van der Waals surface area contributed by atoms with Crippen LogP contribution >= 0.6 is 0 Å². The molecular formula is C16H27NO2. The third-order valence-electron chi connectivity index (χ3n) is 3.20. The van der Waals surface area contributed by atoms with Gasteiger partial charge >= 0.3 is 0 Å². The summed E-state index contributed by atoms with van der Waals surface area (Å²) in [4.78, 5) is 0. The zero-order valence-electron chi connectivity index (χ0n) is 12.4. The highest BCUT2D eigenvalue weighted by Crippen LogP contribution is 2.12. The molecule has 2 atom stereocenters. The number of aliphatic hydroxyl groups excluding tert-OH is 1. The molecule has 0 saturated carbocycles. The van der Waals surface area contributed by atoms with E-state index in [1.165, 1.54) is 5.56 Å². The molecule has 2 N–H and O–H groups in total. The first-order chi connectivity index (χ1) is 9.15. The fourth-order valence-electron chi connectivity index (χ4n) is 1.95. The summed E-state index contributed by atoms with van der Waals surface area (Å²) in [6, 6.07) is 8.48. The molecule has 0 bridgehead atoms. The second-order valence-electron chi connectivity index (χ2n) is 5.06. The number of hydrogen-bond acceptors (Lipinski definition) is 3. The Labute approximate surface area is 117 Å². The average Bonchev–Trinajstić information content (AvgIpc) is 2.44. The maximum atomic E-state index is 9.84. The molecule has 108 valence electrons. The van der Waals surface area contributed by atoms with Gasteiger partial charge in [-0.15, -0.1) is 0 Å². The second kappa shape index (κ2) is 8.94. The van der Waals surface area contributed by atoms with Crippen molar-refractivity contribution in [3.05, 3.63) is 29.8 Å². The standard InChI is InChI=1S/C16H27NO2/c1-4-6-13(3)17-11-15(18)12-19-16-9-7-14(5-2)8-10-16/h7-10,13,15,17-18H,4-6,11-12H2,1-3H3. The van der Waals surface area contributed by atoms with Gasteiger partial charge in [-0.1, -0.05) is 32.4 Å². The first kappa shape index (κ1) is 16.0. The number of nitrogens with one attached hydrogen (secondary N) is 1. The van der Waals surface area contributed by atoms with Crippen LogP contribution in [0.15, 0.2) is 24.3 Å². The highest BCUT2D eigenvalue weighted by atomic mass is 16.5. The molecule has 3 heteroatoms. The van der Waals surface area contributed by atoms with Crippen LogP contribution in [-0.4, -0.2) is 30.4 Å². The SMILES string of the molecule is CCCC(C)NCC(O)COc1ccc(CC)cc1. The molecule has 0 heterocycles. The van der Waals surface area contributed by atoms with Crippen LogP contribution in [0, 0.1) is 0 Å². The van der Waals surface area contributed by atoms with Gasteiger partial charge in [0.2, 0.25) is 0 Å². The molecule has 1 aromatic carbocycles. The van der Waals surface area contributed by atoms with Crippen molar-refractivity contribution in [1.29, 1.82) is 0 Å². The van der Waals surface area contributed by atoms with Crippen LogP contribution in [0.25, 0.3) is 0 Å². The molecule has 0 fully saturated rings. The van der Waals surface area contributed by atoms with Gasteiger partial charge in [-0.3, -0.25) is 0 Å². The highest BCUT2D eigenvalue weighted by molar-refractivity contribution is 5.27. The summed E-state index contributed by atoms with van der Waals surface area (Å²) < 4.78 is 5.57. The van der Waals surface area contributed by atoms with E-state index < -0.39 is 6.10 Å². The molecule has 1 rings (SSSR count). The lowest BCUT2D eigenvalue weighted by Gasteiger charge is -2.17. The van der Waals surface area contributed by atoms with Gasteiger partial charge < -0.3 is 15.2 Å². The molecule has 0 aliphatic rings. The Hall–Kier alpha value is -1.06. The Bertz CT molecular complexity index is 337. The van der Waals surface area contributed by atoms with Crippen molar-refractivity contribution in [3.8, 4) is 5.75 Å². The third kappa shape index (κ3) is 6.60. The lowest BCUT2D eigenvalue weighted by atomic mass is 10.2. The lowest BCUT2D eigenvalue weighted by molar-refractivity contribution is 0.104. The van der Waals surface area contributed by atoms with E-state index >= 15 is 0 Å². The van der Waals surface area contributed by atoms with E-state index in [1.807, 2.05) is 12.1 Å². The Morgan fingerprint density at radius 1 is 1.21 bits per heavy atom. The minimum atomic E-state index is -0.467. The molecule has 19 heavy (non-hydrogen) atoms. The summed E-state index contributed by atoms with van der Waals surface area (Å²) in [6.07, 6.45) is 2.85. The number of aliphatic hydroxyl groups is 1. The van der Waals surface area contributed by atoms with Crippen LogP contribution in [0.4, 0.5) is 0 Å². The van der Waals surface area contributed by atoms with E-state index in [-0.39, 0.29) is 0 Å². The van der Waals surface area contributed by atoms with Crippen LogP contribution < -0.4 is 10.1 Å². The number of hydrogen-bond donors (Lipinski definition) is 2. The molecular weight excluding hydrogens is 238 g/mol. The molecule has 0 radical (unpaired) electrons. The van der Waals surface area contributed by atoms with E-state index in [0.717, 1.165) is 25.0 Å². The normalized spacial score (nSPS) is 14.1. The van der Waals surface area contributed by atoms with Crippen LogP contribution in [0.1, 0.15) is 39.2 Å². The Morgan fingerprint density at radius 3 is 2.47 bits per heavy atom. The van der Waals surface area contributed by atoms with Crippen LogP contribution in [0.2, 0.25) is 0 Å². The van der Waals surface area contributed by atoms with Gasteiger partial charge in [0.25, 0.3) is 0 Å². The van der Waals surface area contributed by atoms with Gasteiger partial charge in [0.05, 0.1) is 0 Å². The topological polar surface area (TPSA) is 41.5 Å². The number of aryl methyl sites for hydroxylation is 1. The predicted molar refractivity (Wildman–Crippen MR) is 79.7 cm³/mol. The monoisotopic (exact) mass is 265 g/mol. The van der Waals surface area contributed by atoms with Crippen molar-refractivity contribution in [1.82, 2.24) is 5.32 Å². The van der Waals surface area contributed by atoms with E-state index in [9.17, 15) is 5.11 Å². The molecule has 0 amide bonds. The summed E-state index contributed by atoms with van der Waals surface area (Å²) >= 11 is 0. The minimum absolute atomic E-state index is 0.331. The number of rotatable bonds is 9. The van der Waals surface area contributed by atoms with Crippen molar-refractivity contribution < 1.29 is 9.84 Å². The van der Waals surface area contributed by atoms with E-state index in [1.54, 1.807) is 0 Å². The fraction of sp³-hybridized carbons (Fsp3) is 0.625. The maximum absolute atomic E-state index is 9.84. The van der Waals surface area contributed by atoms with E-state index in [0.29, 0.717) is 19.2 Å². The number of ether oxygens (including phenoxy) is 1. The van der Waals surface area contributed by atoms with Crippen molar-refractivity contribution in [3.63, 3.8) is 0 Å². The van der Waals surface area contributed by atoms with Gasteiger partial charge in [0.15, 0.2) is 0 Å². The van der Waals surface area contributed by atoms with Gasteiger partial charge in [0.1, 0.15) is 18.5 Å². The largest absolute Gasteiger partial charge is 0.491 e. The van der Waals surface area contributed by atoms with Crippen molar-refractivity contribution in [2.75, 3.05) is 13.2 Å². The van der Waals surface area contributed by atoms with Gasteiger partial charge in [0, 0.05) is 12.6 Å². The van der Waals surface area contributed by atoms with Crippen molar-refractivity contribution in [2.45, 2.75) is 52.2 Å². The number of benzene rings is 1. The molecule has 1 aromatic rings.